The van der Waals surface area contributed by atoms with Gasteiger partial charge in [-0.15, -0.1) is 0 Å². The zero-order chi connectivity index (χ0) is 19.2. The van der Waals surface area contributed by atoms with E-state index in [2.05, 4.69) is 66.7 Å². The number of aromatic nitrogens is 3. The van der Waals surface area contributed by atoms with Crippen LogP contribution in [0.15, 0.2) is 61.2 Å². The van der Waals surface area contributed by atoms with Crippen LogP contribution in [0.5, 0.6) is 0 Å². The molecule has 1 saturated heterocycles. The molecule has 1 aliphatic rings. The predicted molar refractivity (Wildman–Crippen MR) is 113 cm³/mol. The van der Waals surface area contributed by atoms with Crippen molar-refractivity contribution in [1.29, 1.82) is 0 Å². The summed E-state index contributed by atoms with van der Waals surface area (Å²) in [5.41, 5.74) is 3.38. The molecule has 0 saturated carbocycles. The predicted octanol–water partition coefficient (Wildman–Crippen LogP) is 2.98. The number of anilines is 4. The van der Waals surface area contributed by atoms with Crippen LogP contribution < -0.4 is 15.5 Å². The van der Waals surface area contributed by atoms with E-state index in [1.54, 1.807) is 12.5 Å². The Hall–Kier alpha value is -3.19. The molecule has 2 aromatic heterocycles. The van der Waals surface area contributed by atoms with E-state index in [0.29, 0.717) is 6.54 Å². The SMILES string of the molecule is CN1CCN(c2ccc(Nc3cc(NCc4cccnc4)ncn3)cc2)CC1. The van der Waals surface area contributed by atoms with Crippen molar-refractivity contribution in [3.8, 4) is 0 Å². The highest BCUT2D eigenvalue weighted by Crippen LogP contribution is 2.22. The Morgan fingerprint density at radius 2 is 1.75 bits per heavy atom. The monoisotopic (exact) mass is 375 g/mol. The Bertz CT molecular complexity index is 875. The van der Waals surface area contributed by atoms with E-state index in [-0.39, 0.29) is 0 Å². The molecule has 28 heavy (non-hydrogen) atoms. The Morgan fingerprint density at radius 1 is 0.964 bits per heavy atom. The number of rotatable bonds is 6. The Morgan fingerprint density at radius 3 is 2.50 bits per heavy atom. The summed E-state index contributed by atoms with van der Waals surface area (Å²) in [7, 11) is 2.17. The summed E-state index contributed by atoms with van der Waals surface area (Å²) in [6.45, 7) is 5.03. The van der Waals surface area contributed by atoms with Gasteiger partial charge in [-0.25, -0.2) is 9.97 Å². The second kappa shape index (κ2) is 8.67. The largest absolute Gasteiger partial charge is 0.369 e. The molecule has 0 bridgehead atoms. The van der Waals surface area contributed by atoms with Gasteiger partial charge in [0.25, 0.3) is 0 Å². The summed E-state index contributed by atoms with van der Waals surface area (Å²) < 4.78 is 0. The highest BCUT2D eigenvalue weighted by Gasteiger charge is 2.13. The van der Waals surface area contributed by atoms with Gasteiger partial charge in [0, 0.05) is 62.6 Å². The molecule has 0 radical (unpaired) electrons. The molecular weight excluding hydrogens is 350 g/mol. The first-order valence-electron chi connectivity index (χ1n) is 9.52. The van der Waals surface area contributed by atoms with Gasteiger partial charge in [-0.1, -0.05) is 6.07 Å². The molecule has 1 aliphatic heterocycles. The van der Waals surface area contributed by atoms with Crippen molar-refractivity contribution in [2.45, 2.75) is 6.54 Å². The van der Waals surface area contributed by atoms with Crippen molar-refractivity contribution in [3.63, 3.8) is 0 Å². The second-order valence-electron chi connectivity index (χ2n) is 6.97. The Labute approximate surface area is 165 Å². The first kappa shape index (κ1) is 18.2. The Kier molecular flexibility index (Phi) is 5.63. The fraction of sp³-hybridized carbons (Fsp3) is 0.286. The number of likely N-dealkylation sites (N-methyl/N-ethyl adjacent to an activating group) is 1. The molecule has 7 nitrogen and oxygen atoms in total. The summed E-state index contributed by atoms with van der Waals surface area (Å²) in [6.07, 6.45) is 5.17. The molecule has 4 rings (SSSR count). The minimum atomic E-state index is 0.671. The van der Waals surface area contributed by atoms with E-state index in [1.807, 2.05) is 24.4 Å². The number of piperazine rings is 1. The summed E-state index contributed by atoms with van der Waals surface area (Å²) in [6, 6.07) is 14.4. The molecule has 1 aromatic carbocycles. The lowest BCUT2D eigenvalue weighted by Gasteiger charge is -2.34. The van der Waals surface area contributed by atoms with Crippen LogP contribution in [0.1, 0.15) is 5.56 Å². The number of pyridine rings is 1. The molecule has 7 heteroatoms. The van der Waals surface area contributed by atoms with Crippen LogP contribution in [0, 0.1) is 0 Å². The lowest BCUT2D eigenvalue weighted by molar-refractivity contribution is 0.313. The second-order valence-corrected chi connectivity index (χ2v) is 6.97. The summed E-state index contributed by atoms with van der Waals surface area (Å²) in [5.74, 6) is 1.53. The fourth-order valence-corrected chi connectivity index (χ4v) is 3.19. The van der Waals surface area contributed by atoms with Gasteiger partial charge in [0.1, 0.15) is 18.0 Å². The highest BCUT2D eigenvalue weighted by molar-refractivity contribution is 5.62. The average Bonchev–Trinajstić information content (AvgIpc) is 2.75. The lowest BCUT2D eigenvalue weighted by atomic mass is 10.2. The molecular formula is C21H25N7. The molecule has 1 fully saturated rings. The lowest BCUT2D eigenvalue weighted by Crippen LogP contribution is -2.44. The van der Waals surface area contributed by atoms with Crippen molar-refractivity contribution < 1.29 is 0 Å². The van der Waals surface area contributed by atoms with Crippen molar-refractivity contribution in [2.75, 3.05) is 48.8 Å². The van der Waals surface area contributed by atoms with Crippen molar-refractivity contribution in [1.82, 2.24) is 19.9 Å². The van der Waals surface area contributed by atoms with Crippen LogP contribution in [-0.2, 0) is 6.54 Å². The topological polar surface area (TPSA) is 69.2 Å². The maximum absolute atomic E-state index is 4.32. The van der Waals surface area contributed by atoms with Crippen LogP contribution in [0.4, 0.5) is 23.0 Å². The van der Waals surface area contributed by atoms with Crippen molar-refractivity contribution in [2.24, 2.45) is 0 Å². The average molecular weight is 375 g/mol. The first-order valence-corrected chi connectivity index (χ1v) is 9.52. The smallest absolute Gasteiger partial charge is 0.135 e. The molecule has 0 atom stereocenters. The van der Waals surface area contributed by atoms with Gasteiger partial charge in [-0.2, -0.15) is 0 Å². The molecule has 3 heterocycles. The van der Waals surface area contributed by atoms with Crippen LogP contribution in [0.2, 0.25) is 0 Å². The van der Waals surface area contributed by atoms with Gasteiger partial charge < -0.3 is 20.4 Å². The third-order valence-electron chi connectivity index (χ3n) is 4.87. The van der Waals surface area contributed by atoms with E-state index in [0.717, 1.165) is 49.1 Å². The molecule has 0 spiro atoms. The molecule has 3 aromatic rings. The van der Waals surface area contributed by atoms with Gasteiger partial charge in [0.15, 0.2) is 0 Å². The molecule has 2 N–H and O–H groups in total. The minimum Gasteiger partial charge on any atom is -0.369 e. The highest BCUT2D eigenvalue weighted by atomic mass is 15.2. The fourth-order valence-electron chi connectivity index (χ4n) is 3.19. The zero-order valence-electron chi connectivity index (χ0n) is 16.0. The van der Waals surface area contributed by atoms with Crippen LogP contribution in [-0.4, -0.2) is 53.1 Å². The van der Waals surface area contributed by atoms with E-state index >= 15 is 0 Å². The minimum absolute atomic E-state index is 0.671. The van der Waals surface area contributed by atoms with Crippen molar-refractivity contribution in [3.05, 3.63) is 66.7 Å². The molecule has 144 valence electrons. The van der Waals surface area contributed by atoms with Gasteiger partial charge in [-0.3, -0.25) is 4.98 Å². The number of hydrogen-bond donors (Lipinski definition) is 2. The first-order chi connectivity index (χ1) is 13.8. The van der Waals surface area contributed by atoms with Gasteiger partial charge in [0.05, 0.1) is 0 Å². The van der Waals surface area contributed by atoms with Crippen LogP contribution in [0.3, 0.4) is 0 Å². The van der Waals surface area contributed by atoms with Crippen LogP contribution >= 0.6 is 0 Å². The third-order valence-corrected chi connectivity index (χ3v) is 4.87. The van der Waals surface area contributed by atoms with Crippen molar-refractivity contribution >= 4 is 23.0 Å². The summed E-state index contributed by atoms with van der Waals surface area (Å²) in [4.78, 5) is 17.5. The van der Waals surface area contributed by atoms with Crippen LogP contribution in [0.25, 0.3) is 0 Å². The van der Waals surface area contributed by atoms with Gasteiger partial charge >= 0.3 is 0 Å². The number of nitrogens with one attached hydrogen (secondary N) is 2. The van der Waals surface area contributed by atoms with Gasteiger partial charge in [-0.05, 0) is 42.9 Å². The summed E-state index contributed by atoms with van der Waals surface area (Å²) >= 11 is 0. The maximum atomic E-state index is 4.32. The Balaban J connectivity index is 1.36. The third kappa shape index (κ3) is 4.75. The van der Waals surface area contributed by atoms with E-state index in [1.165, 1.54) is 5.69 Å². The molecule has 0 unspecified atom stereocenters. The summed E-state index contributed by atoms with van der Waals surface area (Å²) in [5, 5.41) is 6.65. The van der Waals surface area contributed by atoms with Gasteiger partial charge in [0.2, 0.25) is 0 Å². The molecule has 0 amide bonds. The van der Waals surface area contributed by atoms with E-state index in [9.17, 15) is 0 Å². The zero-order valence-corrected chi connectivity index (χ0v) is 16.0. The normalized spacial score (nSPS) is 14.7. The molecule has 0 aliphatic carbocycles. The van der Waals surface area contributed by atoms with E-state index in [4.69, 9.17) is 0 Å². The maximum Gasteiger partial charge on any atom is 0.135 e. The number of benzene rings is 1. The standard InChI is InChI=1S/C21H25N7/c1-27-9-11-28(12-10-27)19-6-4-18(5-7-19)26-21-13-20(24-16-25-21)23-15-17-3-2-8-22-14-17/h2-8,13-14,16H,9-12,15H2,1H3,(H2,23,24,25,26). The number of nitrogens with zero attached hydrogens (tertiary/aromatic N) is 5. The number of hydrogen-bond acceptors (Lipinski definition) is 7. The van der Waals surface area contributed by atoms with E-state index < -0.39 is 0 Å². The quantitative estimate of drug-likeness (QED) is 0.686.